The molecular formula is C12H15NO2. The van der Waals surface area contributed by atoms with Crippen LogP contribution in [0.2, 0.25) is 0 Å². The fraction of sp³-hybridized carbons (Fsp3) is 0.417. The molecule has 0 atom stereocenters. The molecule has 0 fully saturated rings. The molecule has 0 aliphatic rings. The molecule has 1 aromatic carbocycles. The summed E-state index contributed by atoms with van der Waals surface area (Å²) in [5.74, 6) is 1.62. The Labute approximate surface area is 89.1 Å². The second-order valence-electron chi connectivity index (χ2n) is 3.41. The number of hydrogen-bond donors (Lipinski definition) is 0. The number of aryl methyl sites for hydroxylation is 2. The quantitative estimate of drug-likeness (QED) is 0.772. The van der Waals surface area contributed by atoms with Gasteiger partial charge in [0.25, 0.3) is 0 Å². The standard InChI is InChI=1S/C12H15NO2/c1-4-9-10(14-5-2)6-7-11-12(9)13-8(3)15-11/h6-7H,4-5H2,1-3H3. The van der Waals surface area contributed by atoms with E-state index in [1.165, 1.54) is 0 Å². The number of fused-ring (bicyclic) bond motifs is 1. The van der Waals surface area contributed by atoms with E-state index in [4.69, 9.17) is 9.15 Å². The third-order valence-electron chi connectivity index (χ3n) is 2.38. The van der Waals surface area contributed by atoms with Crippen LogP contribution in [0.4, 0.5) is 0 Å². The van der Waals surface area contributed by atoms with Crippen molar-refractivity contribution in [3.63, 3.8) is 0 Å². The molecule has 1 heterocycles. The highest BCUT2D eigenvalue weighted by Crippen LogP contribution is 2.28. The van der Waals surface area contributed by atoms with Gasteiger partial charge in [-0.05, 0) is 25.5 Å². The lowest BCUT2D eigenvalue weighted by molar-refractivity contribution is 0.337. The molecule has 0 saturated heterocycles. The minimum Gasteiger partial charge on any atom is -0.494 e. The number of ether oxygens (including phenoxy) is 1. The second-order valence-corrected chi connectivity index (χ2v) is 3.41. The monoisotopic (exact) mass is 205 g/mol. The summed E-state index contributed by atoms with van der Waals surface area (Å²) in [7, 11) is 0. The Bertz CT molecular complexity index is 474. The van der Waals surface area contributed by atoms with Crippen LogP contribution in [0.5, 0.6) is 5.75 Å². The van der Waals surface area contributed by atoms with Crippen LogP contribution in [-0.2, 0) is 6.42 Å². The van der Waals surface area contributed by atoms with E-state index in [0.29, 0.717) is 12.5 Å². The third-order valence-corrected chi connectivity index (χ3v) is 2.38. The maximum atomic E-state index is 5.56. The first-order valence-corrected chi connectivity index (χ1v) is 5.28. The van der Waals surface area contributed by atoms with Crippen molar-refractivity contribution in [2.24, 2.45) is 0 Å². The summed E-state index contributed by atoms with van der Waals surface area (Å²) in [6.07, 6.45) is 0.901. The summed E-state index contributed by atoms with van der Waals surface area (Å²) >= 11 is 0. The normalized spacial score (nSPS) is 10.9. The van der Waals surface area contributed by atoms with Crippen LogP contribution >= 0.6 is 0 Å². The first kappa shape index (κ1) is 10.0. The molecule has 0 radical (unpaired) electrons. The Morgan fingerprint density at radius 2 is 2.13 bits per heavy atom. The van der Waals surface area contributed by atoms with Crippen LogP contribution in [0, 0.1) is 6.92 Å². The third kappa shape index (κ3) is 1.69. The minimum absolute atomic E-state index is 0.676. The molecular weight excluding hydrogens is 190 g/mol. The van der Waals surface area contributed by atoms with Gasteiger partial charge in [-0.15, -0.1) is 0 Å². The topological polar surface area (TPSA) is 35.3 Å². The lowest BCUT2D eigenvalue weighted by Crippen LogP contribution is -1.96. The van der Waals surface area contributed by atoms with Gasteiger partial charge in [-0.3, -0.25) is 0 Å². The fourth-order valence-electron chi connectivity index (χ4n) is 1.77. The van der Waals surface area contributed by atoms with Gasteiger partial charge < -0.3 is 9.15 Å². The van der Waals surface area contributed by atoms with Crippen molar-refractivity contribution in [3.8, 4) is 5.75 Å². The van der Waals surface area contributed by atoms with E-state index in [1.54, 1.807) is 0 Å². The van der Waals surface area contributed by atoms with Crippen molar-refractivity contribution in [2.75, 3.05) is 6.61 Å². The Morgan fingerprint density at radius 3 is 2.80 bits per heavy atom. The minimum atomic E-state index is 0.676. The highest BCUT2D eigenvalue weighted by Gasteiger charge is 2.11. The molecule has 0 aliphatic carbocycles. The summed E-state index contributed by atoms with van der Waals surface area (Å²) < 4.78 is 11.0. The first-order chi connectivity index (χ1) is 7.26. The van der Waals surface area contributed by atoms with E-state index in [1.807, 2.05) is 26.0 Å². The zero-order chi connectivity index (χ0) is 10.8. The molecule has 2 aromatic rings. The number of aromatic nitrogens is 1. The zero-order valence-electron chi connectivity index (χ0n) is 9.33. The molecule has 2 rings (SSSR count). The van der Waals surface area contributed by atoms with Gasteiger partial charge in [0.2, 0.25) is 0 Å². The van der Waals surface area contributed by atoms with Crippen LogP contribution < -0.4 is 4.74 Å². The van der Waals surface area contributed by atoms with E-state index in [-0.39, 0.29) is 0 Å². The number of hydrogen-bond acceptors (Lipinski definition) is 3. The summed E-state index contributed by atoms with van der Waals surface area (Å²) in [5, 5.41) is 0. The molecule has 0 saturated carbocycles. The summed E-state index contributed by atoms with van der Waals surface area (Å²) in [4.78, 5) is 4.38. The van der Waals surface area contributed by atoms with Crippen molar-refractivity contribution in [3.05, 3.63) is 23.6 Å². The largest absolute Gasteiger partial charge is 0.494 e. The highest BCUT2D eigenvalue weighted by atomic mass is 16.5. The maximum Gasteiger partial charge on any atom is 0.192 e. The molecule has 1 aromatic heterocycles. The van der Waals surface area contributed by atoms with Gasteiger partial charge >= 0.3 is 0 Å². The molecule has 0 aliphatic heterocycles. The van der Waals surface area contributed by atoms with E-state index in [9.17, 15) is 0 Å². The van der Waals surface area contributed by atoms with Gasteiger partial charge in [0.15, 0.2) is 11.5 Å². The van der Waals surface area contributed by atoms with Gasteiger partial charge in [0.1, 0.15) is 11.3 Å². The predicted molar refractivity (Wildman–Crippen MR) is 59.3 cm³/mol. The molecule has 0 unspecified atom stereocenters. The molecule has 3 heteroatoms. The Kier molecular flexibility index (Phi) is 2.62. The van der Waals surface area contributed by atoms with Crippen molar-refractivity contribution < 1.29 is 9.15 Å². The number of nitrogens with zero attached hydrogens (tertiary/aromatic N) is 1. The van der Waals surface area contributed by atoms with Crippen molar-refractivity contribution in [1.82, 2.24) is 4.98 Å². The van der Waals surface area contributed by atoms with Gasteiger partial charge in [-0.1, -0.05) is 6.92 Å². The van der Waals surface area contributed by atoms with Crippen molar-refractivity contribution >= 4 is 11.1 Å². The van der Waals surface area contributed by atoms with E-state index >= 15 is 0 Å². The van der Waals surface area contributed by atoms with E-state index in [2.05, 4.69) is 11.9 Å². The van der Waals surface area contributed by atoms with Gasteiger partial charge in [0, 0.05) is 12.5 Å². The van der Waals surface area contributed by atoms with Crippen LogP contribution in [0.25, 0.3) is 11.1 Å². The Hall–Kier alpha value is -1.51. The van der Waals surface area contributed by atoms with Crippen LogP contribution in [0.15, 0.2) is 16.5 Å². The first-order valence-electron chi connectivity index (χ1n) is 5.28. The van der Waals surface area contributed by atoms with E-state index < -0.39 is 0 Å². The number of benzene rings is 1. The second kappa shape index (κ2) is 3.93. The smallest absolute Gasteiger partial charge is 0.192 e. The summed E-state index contributed by atoms with van der Waals surface area (Å²) in [6, 6.07) is 3.87. The SMILES string of the molecule is CCOc1ccc2oc(C)nc2c1CC. The van der Waals surface area contributed by atoms with E-state index in [0.717, 1.165) is 28.8 Å². The number of rotatable bonds is 3. The molecule has 15 heavy (non-hydrogen) atoms. The van der Waals surface area contributed by atoms with Crippen LogP contribution in [-0.4, -0.2) is 11.6 Å². The average molecular weight is 205 g/mol. The summed E-state index contributed by atoms with van der Waals surface area (Å²) in [6.45, 7) is 6.62. The maximum absolute atomic E-state index is 5.56. The zero-order valence-corrected chi connectivity index (χ0v) is 9.33. The lowest BCUT2D eigenvalue weighted by Gasteiger charge is -2.07. The Balaban J connectivity index is 2.63. The molecule has 80 valence electrons. The average Bonchev–Trinajstić information content (AvgIpc) is 2.58. The molecule has 0 N–H and O–H groups in total. The predicted octanol–water partition coefficient (Wildman–Crippen LogP) is 3.10. The van der Waals surface area contributed by atoms with Crippen LogP contribution in [0.1, 0.15) is 25.3 Å². The highest BCUT2D eigenvalue weighted by molar-refractivity contribution is 5.79. The summed E-state index contributed by atoms with van der Waals surface area (Å²) in [5.41, 5.74) is 2.90. The molecule has 3 nitrogen and oxygen atoms in total. The van der Waals surface area contributed by atoms with Crippen LogP contribution in [0.3, 0.4) is 0 Å². The van der Waals surface area contributed by atoms with Gasteiger partial charge in [-0.25, -0.2) is 4.98 Å². The Morgan fingerprint density at radius 1 is 1.33 bits per heavy atom. The number of oxazole rings is 1. The van der Waals surface area contributed by atoms with Gasteiger partial charge in [0.05, 0.1) is 6.61 Å². The molecule has 0 bridgehead atoms. The van der Waals surface area contributed by atoms with Gasteiger partial charge in [-0.2, -0.15) is 0 Å². The lowest BCUT2D eigenvalue weighted by atomic mass is 10.1. The molecule has 0 amide bonds. The molecule has 0 spiro atoms. The fourth-order valence-corrected chi connectivity index (χ4v) is 1.77. The van der Waals surface area contributed by atoms with Crippen molar-refractivity contribution in [2.45, 2.75) is 27.2 Å². The van der Waals surface area contributed by atoms with Crippen molar-refractivity contribution in [1.29, 1.82) is 0 Å².